The SMILES string of the molecule is CN(CC(O)COc1ccccc1)CC1CCCC1. The van der Waals surface area contributed by atoms with Crippen LogP contribution in [0.25, 0.3) is 0 Å². The van der Waals surface area contributed by atoms with Crippen LogP contribution in [0.2, 0.25) is 0 Å². The first-order chi connectivity index (χ1) is 9.24. The molecular formula is C16H25NO2. The number of nitrogens with zero attached hydrogens (tertiary/aromatic N) is 1. The van der Waals surface area contributed by atoms with E-state index in [9.17, 15) is 5.11 Å². The number of ether oxygens (including phenoxy) is 1. The van der Waals surface area contributed by atoms with Gasteiger partial charge in [-0.3, -0.25) is 0 Å². The van der Waals surface area contributed by atoms with Crippen molar-refractivity contribution in [2.75, 3.05) is 26.7 Å². The van der Waals surface area contributed by atoms with Gasteiger partial charge in [-0.2, -0.15) is 0 Å². The smallest absolute Gasteiger partial charge is 0.119 e. The topological polar surface area (TPSA) is 32.7 Å². The Hall–Kier alpha value is -1.06. The summed E-state index contributed by atoms with van der Waals surface area (Å²) in [7, 11) is 2.09. The molecule has 1 unspecified atom stereocenters. The zero-order valence-electron chi connectivity index (χ0n) is 11.8. The Balaban J connectivity index is 1.64. The number of hydrogen-bond acceptors (Lipinski definition) is 3. The largest absolute Gasteiger partial charge is 0.491 e. The molecule has 1 aliphatic rings. The van der Waals surface area contributed by atoms with E-state index in [-0.39, 0.29) is 0 Å². The molecule has 1 saturated carbocycles. The molecule has 3 nitrogen and oxygen atoms in total. The van der Waals surface area contributed by atoms with Crippen LogP contribution in [0, 0.1) is 5.92 Å². The molecule has 0 radical (unpaired) electrons. The summed E-state index contributed by atoms with van der Waals surface area (Å²) in [6.07, 6.45) is 5.02. The van der Waals surface area contributed by atoms with E-state index >= 15 is 0 Å². The van der Waals surface area contributed by atoms with Crippen molar-refractivity contribution in [3.8, 4) is 5.75 Å². The monoisotopic (exact) mass is 263 g/mol. The summed E-state index contributed by atoms with van der Waals surface area (Å²) in [6, 6.07) is 9.66. The standard InChI is InChI=1S/C16H25NO2/c1-17(11-14-7-5-6-8-14)12-15(18)13-19-16-9-3-2-4-10-16/h2-4,9-10,14-15,18H,5-8,11-13H2,1H3. The predicted molar refractivity (Wildman–Crippen MR) is 77.4 cm³/mol. The van der Waals surface area contributed by atoms with Crippen LogP contribution in [-0.4, -0.2) is 42.9 Å². The number of hydrogen-bond donors (Lipinski definition) is 1. The van der Waals surface area contributed by atoms with Gasteiger partial charge in [0.1, 0.15) is 18.5 Å². The molecule has 1 aliphatic carbocycles. The Kier molecular flexibility index (Phi) is 5.67. The third kappa shape index (κ3) is 5.21. The van der Waals surface area contributed by atoms with E-state index in [4.69, 9.17) is 4.74 Å². The van der Waals surface area contributed by atoms with Crippen molar-refractivity contribution in [3.05, 3.63) is 30.3 Å². The molecule has 1 aromatic carbocycles. The molecule has 19 heavy (non-hydrogen) atoms. The summed E-state index contributed by atoms with van der Waals surface area (Å²) in [6.45, 7) is 2.14. The molecule has 0 amide bonds. The number of aliphatic hydroxyl groups excluding tert-OH is 1. The van der Waals surface area contributed by atoms with Gasteiger partial charge >= 0.3 is 0 Å². The van der Waals surface area contributed by atoms with E-state index in [1.807, 2.05) is 30.3 Å². The number of benzene rings is 1. The van der Waals surface area contributed by atoms with Gasteiger partial charge in [0.05, 0.1) is 0 Å². The second kappa shape index (κ2) is 7.51. The molecule has 3 heteroatoms. The average molecular weight is 263 g/mol. The van der Waals surface area contributed by atoms with Crippen LogP contribution in [0.3, 0.4) is 0 Å². The number of para-hydroxylation sites is 1. The molecule has 0 spiro atoms. The van der Waals surface area contributed by atoms with Crippen molar-refractivity contribution in [2.24, 2.45) is 5.92 Å². The highest BCUT2D eigenvalue weighted by atomic mass is 16.5. The lowest BCUT2D eigenvalue weighted by atomic mass is 10.1. The van der Waals surface area contributed by atoms with E-state index in [2.05, 4.69) is 11.9 Å². The highest BCUT2D eigenvalue weighted by Gasteiger charge is 2.18. The third-order valence-corrected chi connectivity index (χ3v) is 3.75. The van der Waals surface area contributed by atoms with Gasteiger partial charge in [0.2, 0.25) is 0 Å². The Bertz CT molecular complexity index is 349. The molecule has 0 aromatic heterocycles. The van der Waals surface area contributed by atoms with Gasteiger partial charge in [0, 0.05) is 13.1 Å². The van der Waals surface area contributed by atoms with Gasteiger partial charge in [-0.25, -0.2) is 0 Å². The first kappa shape index (κ1) is 14.4. The molecule has 0 aliphatic heterocycles. The Morgan fingerprint density at radius 2 is 1.95 bits per heavy atom. The van der Waals surface area contributed by atoms with Gasteiger partial charge < -0.3 is 14.7 Å². The van der Waals surface area contributed by atoms with Crippen molar-refractivity contribution < 1.29 is 9.84 Å². The number of aliphatic hydroxyl groups is 1. The molecule has 1 aromatic rings. The Morgan fingerprint density at radius 3 is 2.63 bits per heavy atom. The fraction of sp³-hybridized carbons (Fsp3) is 0.625. The lowest BCUT2D eigenvalue weighted by Gasteiger charge is -2.23. The van der Waals surface area contributed by atoms with E-state index in [1.165, 1.54) is 25.7 Å². The van der Waals surface area contributed by atoms with Gasteiger partial charge in [-0.05, 0) is 37.9 Å². The molecule has 1 atom stereocenters. The zero-order chi connectivity index (χ0) is 13.5. The van der Waals surface area contributed by atoms with E-state index in [0.717, 1.165) is 18.2 Å². The second-order valence-electron chi connectivity index (χ2n) is 5.65. The van der Waals surface area contributed by atoms with Crippen molar-refractivity contribution in [1.82, 2.24) is 4.90 Å². The van der Waals surface area contributed by atoms with Crippen molar-refractivity contribution in [3.63, 3.8) is 0 Å². The lowest BCUT2D eigenvalue weighted by molar-refractivity contribution is 0.0720. The Labute approximate surface area is 116 Å². The summed E-state index contributed by atoms with van der Waals surface area (Å²) in [5, 5.41) is 9.99. The van der Waals surface area contributed by atoms with Crippen LogP contribution in [0.1, 0.15) is 25.7 Å². The van der Waals surface area contributed by atoms with Gasteiger partial charge in [0.15, 0.2) is 0 Å². The predicted octanol–water partition coefficient (Wildman–Crippen LogP) is 2.55. The summed E-state index contributed by atoms with van der Waals surface area (Å²) in [5.41, 5.74) is 0. The van der Waals surface area contributed by atoms with Gasteiger partial charge in [-0.15, -0.1) is 0 Å². The van der Waals surface area contributed by atoms with Gasteiger partial charge in [0.25, 0.3) is 0 Å². The molecular weight excluding hydrogens is 238 g/mol. The van der Waals surface area contributed by atoms with E-state index < -0.39 is 6.10 Å². The van der Waals surface area contributed by atoms with Crippen LogP contribution in [0.4, 0.5) is 0 Å². The molecule has 0 heterocycles. The minimum absolute atomic E-state index is 0.360. The van der Waals surface area contributed by atoms with Crippen LogP contribution in [-0.2, 0) is 0 Å². The van der Waals surface area contributed by atoms with Crippen molar-refractivity contribution in [2.45, 2.75) is 31.8 Å². The molecule has 0 saturated heterocycles. The fourth-order valence-electron chi connectivity index (χ4n) is 2.83. The minimum Gasteiger partial charge on any atom is -0.491 e. The summed E-state index contributed by atoms with van der Waals surface area (Å²) in [4.78, 5) is 2.23. The number of likely N-dealkylation sites (N-methyl/N-ethyl adjacent to an activating group) is 1. The van der Waals surface area contributed by atoms with Crippen molar-refractivity contribution in [1.29, 1.82) is 0 Å². The maximum Gasteiger partial charge on any atom is 0.119 e. The van der Waals surface area contributed by atoms with Gasteiger partial charge in [-0.1, -0.05) is 31.0 Å². The van der Waals surface area contributed by atoms with Crippen LogP contribution < -0.4 is 4.74 Å². The highest BCUT2D eigenvalue weighted by Crippen LogP contribution is 2.25. The molecule has 106 valence electrons. The molecule has 1 fully saturated rings. The first-order valence-electron chi connectivity index (χ1n) is 7.28. The highest BCUT2D eigenvalue weighted by molar-refractivity contribution is 5.20. The number of rotatable bonds is 7. The van der Waals surface area contributed by atoms with Crippen LogP contribution in [0.5, 0.6) is 5.75 Å². The maximum absolute atomic E-state index is 9.99. The van der Waals surface area contributed by atoms with Crippen LogP contribution >= 0.6 is 0 Å². The van der Waals surface area contributed by atoms with E-state index in [0.29, 0.717) is 13.2 Å². The third-order valence-electron chi connectivity index (χ3n) is 3.75. The van der Waals surface area contributed by atoms with Crippen molar-refractivity contribution >= 4 is 0 Å². The second-order valence-corrected chi connectivity index (χ2v) is 5.65. The van der Waals surface area contributed by atoms with Crippen LogP contribution in [0.15, 0.2) is 30.3 Å². The summed E-state index contributed by atoms with van der Waals surface area (Å²) in [5.74, 6) is 1.65. The summed E-state index contributed by atoms with van der Waals surface area (Å²) >= 11 is 0. The zero-order valence-corrected chi connectivity index (χ0v) is 11.8. The molecule has 0 bridgehead atoms. The normalized spacial score (nSPS) is 17.8. The average Bonchev–Trinajstić information content (AvgIpc) is 2.90. The lowest BCUT2D eigenvalue weighted by Crippen LogP contribution is -2.35. The quantitative estimate of drug-likeness (QED) is 0.820. The first-order valence-corrected chi connectivity index (χ1v) is 7.28. The Morgan fingerprint density at radius 1 is 1.26 bits per heavy atom. The molecule has 1 N–H and O–H groups in total. The minimum atomic E-state index is -0.424. The fourth-order valence-corrected chi connectivity index (χ4v) is 2.83. The summed E-state index contributed by atoms with van der Waals surface area (Å²) < 4.78 is 5.56. The van der Waals surface area contributed by atoms with E-state index in [1.54, 1.807) is 0 Å². The maximum atomic E-state index is 9.99. The molecule has 2 rings (SSSR count).